The van der Waals surface area contributed by atoms with E-state index in [9.17, 15) is 9.59 Å². The molecule has 0 saturated carbocycles. The van der Waals surface area contributed by atoms with Gasteiger partial charge in [0.15, 0.2) is 10.1 Å². The summed E-state index contributed by atoms with van der Waals surface area (Å²) in [5.74, 6) is 0.573. The van der Waals surface area contributed by atoms with Crippen LogP contribution in [0.4, 0.5) is 5.13 Å². The van der Waals surface area contributed by atoms with Crippen molar-refractivity contribution in [2.24, 2.45) is 0 Å². The first-order valence-corrected chi connectivity index (χ1v) is 9.22. The summed E-state index contributed by atoms with van der Waals surface area (Å²) in [6.45, 7) is 2.61. The standard InChI is InChI=1S/C14H17N5O3S2/c1-15-11(20)9-23-14-17-16-13(24-14)19-6-4-18(5-7-19)12(21)10-3-2-8-22-10/h2-3,8H,4-7,9H2,1H3,(H,15,20). The van der Waals surface area contributed by atoms with Crippen molar-refractivity contribution in [1.82, 2.24) is 20.4 Å². The Bertz CT molecular complexity index is 695. The van der Waals surface area contributed by atoms with Crippen LogP contribution in [0.25, 0.3) is 0 Å². The Kier molecular flexibility index (Phi) is 5.36. The molecule has 0 spiro atoms. The number of thioether (sulfide) groups is 1. The first-order valence-electron chi connectivity index (χ1n) is 7.42. The van der Waals surface area contributed by atoms with Gasteiger partial charge in [-0.15, -0.1) is 10.2 Å². The maximum atomic E-state index is 12.2. The molecule has 8 nitrogen and oxygen atoms in total. The highest BCUT2D eigenvalue weighted by Crippen LogP contribution is 2.28. The molecule has 2 aromatic rings. The largest absolute Gasteiger partial charge is 0.459 e. The maximum absolute atomic E-state index is 12.2. The topological polar surface area (TPSA) is 91.6 Å². The van der Waals surface area contributed by atoms with Gasteiger partial charge in [0.1, 0.15) is 0 Å². The molecule has 3 heterocycles. The van der Waals surface area contributed by atoms with Crippen LogP contribution in [0.2, 0.25) is 0 Å². The summed E-state index contributed by atoms with van der Waals surface area (Å²) in [5.41, 5.74) is 0. The number of furan rings is 1. The lowest BCUT2D eigenvalue weighted by molar-refractivity contribution is -0.118. The number of hydrogen-bond donors (Lipinski definition) is 1. The van der Waals surface area contributed by atoms with E-state index >= 15 is 0 Å². The molecule has 1 saturated heterocycles. The summed E-state index contributed by atoms with van der Waals surface area (Å²) in [7, 11) is 1.61. The molecule has 128 valence electrons. The van der Waals surface area contributed by atoms with Crippen molar-refractivity contribution >= 4 is 40.0 Å². The second-order valence-corrected chi connectivity index (χ2v) is 7.25. The van der Waals surface area contributed by atoms with Crippen LogP contribution in [-0.4, -0.2) is 65.9 Å². The molecule has 0 radical (unpaired) electrons. The predicted molar refractivity (Wildman–Crippen MR) is 91.5 cm³/mol. The van der Waals surface area contributed by atoms with Crippen LogP contribution in [0.5, 0.6) is 0 Å². The summed E-state index contributed by atoms with van der Waals surface area (Å²) >= 11 is 2.83. The van der Waals surface area contributed by atoms with Crippen molar-refractivity contribution < 1.29 is 14.0 Å². The second kappa shape index (κ2) is 7.67. The van der Waals surface area contributed by atoms with Crippen molar-refractivity contribution in [2.75, 3.05) is 43.9 Å². The number of carbonyl (C=O) groups excluding carboxylic acids is 2. The van der Waals surface area contributed by atoms with Crippen LogP contribution >= 0.6 is 23.1 Å². The zero-order chi connectivity index (χ0) is 16.9. The zero-order valence-corrected chi connectivity index (χ0v) is 14.7. The maximum Gasteiger partial charge on any atom is 0.289 e. The van der Waals surface area contributed by atoms with E-state index in [4.69, 9.17) is 4.42 Å². The Morgan fingerprint density at radius 2 is 2.12 bits per heavy atom. The van der Waals surface area contributed by atoms with Crippen LogP contribution in [0.15, 0.2) is 27.2 Å². The monoisotopic (exact) mass is 367 g/mol. The molecule has 0 aliphatic carbocycles. The third-order valence-electron chi connectivity index (χ3n) is 3.57. The van der Waals surface area contributed by atoms with Gasteiger partial charge < -0.3 is 19.5 Å². The minimum absolute atomic E-state index is 0.0400. The van der Waals surface area contributed by atoms with Crippen molar-refractivity contribution in [3.63, 3.8) is 0 Å². The number of rotatable bonds is 5. The van der Waals surface area contributed by atoms with E-state index in [1.165, 1.54) is 29.4 Å². The fourth-order valence-electron chi connectivity index (χ4n) is 2.25. The highest BCUT2D eigenvalue weighted by molar-refractivity contribution is 8.01. The van der Waals surface area contributed by atoms with Crippen molar-refractivity contribution in [3.8, 4) is 0 Å². The molecular formula is C14H17N5O3S2. The number of amides is 2. The van der Waals surface area contributed by atoms with Gasteiger partial charge in [0.05, 0.1) is 12.0 Å². The third kappa shape index (κ3) is 3.88. The van der Waals surface area contributed by atoms with E-state index in [0.717, 1.165) is 9.47 Å². The lowest BCUT2D eigenvalue weighted by atomic mass is 10.3. The molecule has 1 aliphatic heterocycles. The van der Waals surface area contributed by atoms with E-state index in [1.54, 1.807) is 24.1 Å². The van der Waals surface area contributed by atoms with Crippen LogP contribution in [0.3, 0.4) is 0 Å². The van der Waals surface area contributed by atoms with Gasteiger partial charge >= 0.3 is 0 Å². The van der Waals surface area contributed by atoms with Gasteiger partial charge in [-0.25, -0.2) is 0 Å². The average Bonchev–Trinajstić information content (AvgIpc) is 3.31. The summed E-state index contributed by atoms with van der Waals surface area (Å²) in [6.07, 6.45) is 1.50. The number of piperazine rings is 1. The predicted octanol–water partition coefficient (Wildman–Crippen LogP) is 0.932. The average molecular weight is 367 g/mol. The lowest BCUT2D eigenvalue weighted by Crippen LogP contribution is -2.48. The number of anilines is 1. The van der Waals surface area contributed by atoms with Gasteiger partial charge in [0, 0.05) is 33.2 Å². The van der Waals surface area contributed by atoms with Crippen molar-refractivity contribution in [2.45, 2.75) is 4.34 Å². The molecule has 10 heteroatoms. The third-order valence-corrected chi connectivity index (χ3v) is 5.69. The van der Waals surface area contributed by atoms with Crippen molar-refractivity contribution in [1.29, 1.82) is 0 Å². The Morgan fingerprint density at radius 1 is 1.33 bits per heavy atom. The SMILES string of the molecule is CNC(=O)CSc1nnc(N2CCN(C(=O)c3ccco3)CC2)s1. The smallest absolute Gasteiger partial charge is 0.289 e. The van der Waals surface area contributed by atoms with Gasteiger partial charge in [-0.3, -0.25) is 9.59 Å². The summed E-state index contributed by atoms with van der Waals surface area (Å²) < 4.78 is 5.92. The molecule has 0 unspecified atom stereocenters. The minimum Gasteiger partial charge on any atom is -0.459 e. The molecule has 1 aliphatic rings. The number of nitrogens with one attached hydrogen (secondary N) is 1. The van der Waals surface area contributed by atoms with Crippen LogP contribution in [-0.2, 0) is 4.79 Å². The Labute approximate surface area is 147 Å². The molecule has 2 aromatic heterocycles. The highest BCUT2D eigenvalue weighted by Gasteiger charge is 2.25. The molecule has 0 aromatic carbocycles. The molecule has 2 amide bonds. The van der Waals surface area contributed by atoms with Crippen LogP contribution in [0.1, 0.15) is 10.6 Å². The first-order chi connectivity index (χ1) is 11.7. The van der Waals surface area contributed by atoms with Crippen LogP contribution in [0, 0.1) is 0 Å². The summed E-state index contributed by atoms with van der Waals surface area (Å²) in [5, 5.41) is 11.7. The fourth-order valence-corrected chi connectivity index (χ4v) is 4.01. The minimum atomic E-state index is -0.0845. The molecule has 24 heavy (non-hydrogen) atoms. The molecule has 0 atom stereocenters. The van der Waals surface area contributed by atoms with E-state index in [-0.39, 0.29) is 11.8 Å². The molecule has 1 fully saturated rings. The number of hydrogen-bond acceptors (Lipinski definition) is 8. The van der Waals surface area contributed by atoms with E-state index in [0.29, 0.717) is 37.7 Å². The molecule has 3 rings (SSSR count). The lowest BCUT2D eigenvalue weighted by Gasteiger charge is -2.33. The van der Waals surface area contributed by atoms with Gasteiger partial charge in [0.2, 0.25) is 11.0 Å². The zero-order valence-electron chi connectivity index (χ0n) is 13.1. The van der Waals surface area contributed by atoms with Gasteiger partial charge in [-0.05, 0) is 12.1 Å². The van der Waals surface area contributed by atoms with Gasteiger partial charge in [0.25, 0.3) is 5.91 Å². The number of nitrogens with zero attached hydrogens (tertiary/aromatic N) is 4. The Balaban J connectivity index is 1.52. The first kappa shape index (κ1) is 16.8. The van der Waals surface area contributed by atoms with Crippen molar-refractivity contribution in [3.05, 3.63) is 24.2 Å². The van der Waals surface area contributed by atoms with E-state index in [2.05, 4.69) is 20.4 Å². The van der Waals surface area contributed by atoms with Gasteiger partial charge in [-0.1, -0.05) is 23.1 Å². The van der Waals surface area contributed by atoms with Crippen LogP contribution < -0.4 is 10.2 Å². The second-order valence-electron chi connectivity index (χ2n) is 5.07. The Morgan fingerprint density at radius 3 is 2.79 bits per heavy atom. The summed E-state index contributed by atoms with van der Waals surface area (Å²) in [4.78, 5) is 27.4. The van der Waals surface area contributed by atoms with E-state index in [1.807, 2.05) is 0 Å². The van der Waals surface area contributed by atoms with E-state index < -0.39 is 0 Å². The highest BCUT2D eigenvalue weighted by atomic mass is 32.2. The Hall–Kier alpha value is -2.07. The molecule has 1 N–H and O–H groups in total. The fraction of sp³-hybridized carbons (Fsp3) is 0.429. The normalized spacial score (nSPS) is 14.7. The summed E-state index contributed by atoms with van der Waals surface area (Å²) in [6, 6.07) is 3.39. The number of aromatic nitrogens is 2. The molecule has 0 bridgehead atoms. The molecular weight excluding hydrogens is 350 g/mol. The van der Waals surface area contributed by atoms with Gasteiger partial charge in [-0.2, -0.15) is 0 Å². The number of carbonyl (C=O) groups is 2. The quantitative estimate of drug-likeness (QED) is 0.786.